The Balaban J connectivity index is 0.00000338. The molecule has 0 saturated heterocycles. The standard InChI is InChI=1S/C20H30N4O.HI/c1-4-21-20(22-12-11-19-10-7-13-25-19)23-15-17-8-6-9-18(14-17)16-24(3)5-2;/h6-10,13-14H,4-5,11-12,15-16H2,1-3H3,(H2,21,22,23);1H. The smallest absolute Gasteiger partial charge is 0.191 e. The number of benzene rings is 1. The van der Waals surface area contributed by atoms with Crippen molar-refractivity contribution in [1.82, 2.24) is 15.5 Å². The number of furan rings is 1. The highest BCUT2D eigenvalue weighted by atomic mass is 127. The van der Waals surface area contributed by atoms with Crippen LogP contribution in [0.5, 0.6) is 0 Å². The summed E-state index contributed by atoms with van der Waals surface area (Å²) >= 11 is 0. The Hall–Kier alpha value is -1.54. The van der Waals surface area contributed by atoms with Gasteiger partial charge in [-0.15, -0.1) is 24.0 Å². The molecule has 1 aromatic heterocycles. The van der Waals surface area contributed by atoms with Crippen molar-refractivity contribution in [3.8, 4) is 0 Å². The van der Waals surface area contributed by atoms with Gasteiger partial charge in [0.1, 0.15) is 5.76 Å². The maximum Gasteiger partial charge on any atom is 0.191 e. The number of nitrogens with one attached hydrogen (secondary N) is 2. The van der Waals surface area contributed by atoms with E-state index in [2.05, 4.69) is 60.7 Å². The lowest BCUT2D eigenvalue weighted by Crippen LogP contribution is -2.38. The SMILES string of the molecule is CCNC(=NCc1cccc(CN(C)CC)c1)NCCc1ccco1.I. The first-order valence-electron chi connectivity index (χ1n) is 9.02. The van der Waals surface area contributed by atoms with Crippen LogP contribution in [0.4, 0.5) is 0 Å². The second-order valence-corrected chi connectivity index (χ2v) is 6.10. The average molecular weight is 470 g/mol. The molecule has 0 spiro atoms. The number of guanidine groups is 1. The van der Waals surface area contributed by atoms with E-state index in [4.69, 9.17) is 9.41 Å². The van der Waals surface area contributed by atoms with Crippen molar-refractivity contribution in [2.24, 2.45) is 4.99 Å². The van der Waals surface area contributed by atoms with Crippen molar-refractivity contribution < 1.29 is 4.42 Å². The van der Waals surface area contributed by atoms with Crippen LogP contribution in [0.3, 0.4) is 0 Å². The number of rotatable bonds is 9. The van der Waals surface area contributed by atoms with Crippen LogP contribution < -0.4 is 10.6 Å². The van der Waals surface area contributed by atoms with Crippen LogP contribution >= 0.6 is 24.0 Å². The van der Waals surface area contributed by atoms with Gasteiger partial charge in [-0.25, -0.2) is 4.99 Å². The van der Waals surface area contributed by atoms with Crippen LogP contribution in [0.15, 0.2) is 52.1 Å². The van der Waals surface area contributed by atoms with E-state index in [-0.39, 0.29) is 24.0 Å². The molecule has 0 aliphatic heterocycles. The normalized spacial score (nSPS) is 11.3. The number of hydrogen-bond acceptors (Lipinski definition) is 3. The van der Waals surface area contributed by atoms with E-state index in [1.807, 2.05) is 12.1 Å². The molecule has 0 aliphatic carbocycles. The molecule has 0 radical (unpaired) electrons. The molecular formula is C20H31IN4O. The molecule has 0 saturated carbocycles. The Labute approximate surface area is 174 Å². The first-order chi connectivity index (χ1) is 12.2. The van der Waals surface area contributed by atoms with Gasteiger partial charge >= 0.3 is 0 Å². The summed E-state index contributed by atoms with van der Waals surface area (Å²) in [4.78, 5) is 6.99. The van der Waals surface area contributed by atoms with Gasteiger partial charge in [-0.1, -0.05) is 31.2 Å². The molecule has 6 heteroatoms. The molecule has 1 aromatic carbocycles. The Kier molecular flexibility index (Phi) is 11.0. The van der Waals surface area contributed by atoms with Gasteiger partial charge in [0, 0.05) is 26.1 Å². The van der Waals surface area contributed by atoms with Crippen LogP contribution in [-0.4, -0.2) is 37.5 Å². The lowest BCUT2D eigenvalue weighted by molar-refractivity contribution is 0.345. The van der Waals surface area contributed by atoms with E-state index in [1.54, 1.807) is 6.26 Å². The van der Waals surface area contributed by atoms with Crippen molar-refractivity contribution in [3.63, 3.8) is 0 Å². The molecule has 0 unspecified atom stereocenters. The number of halogens is 1. The number of aliphatic imine (C=N–C) groups is 1. The molecule has 144 valence electrons. The third-order valence-electron chi connectivity index (χ3n) is 3.99. The van der Waals surface area contributed by atoms with Crippen molar-refractivity contribution in [1.29, 1.82) is 0 Å². The third kappa shape index (κ3) is 8.23. The zero-order valence-electron chi connectivity index (χ0n) is 16.0. The van der Waals surface area contributed by atoms with Crippen molar-refractivity contribution >= 4 is 29.9 Å². The lowest BCUT2D eigenvalue weighted by atomic mass is 10.1. The van der Waals surface area contributed by atoms with Gasteiger partial charge in [-0.3, -0.25) is 0 Å². The summed E-state index contributed by atoms with van der Waals surface area (Å²) in [6.07, 6.45) is 2.55. The predicted molar refractivity (Wildman–Crippen MR) is 119 cm³/mol. The molecule has 2 rings (SSSR count). The van der Waals surface area contributed by atoms with Crippen LogP contribution in [-0.2, 0) is 19.5 Å². The number of nitrogens with zero attached hydrogens (tertiary/aromatic N) is 2. The van der Waals surface area contributed by atoms with E-state index in [9.17, 15) is 0 Å². The molecule has 0 bridgehead atoms. The van der Waals surface area contributed by atoms with Crippen molar-refractivity contribution in [2.45, 2.75) is 33.4 Å². The van der Waals surface area contributed by atoms with Crippen molar-refractivity contribution in [3.05, 3.63) is 59.5 Å². The fourth-order valence-electron chi connectivity index (χ4n) is 2.52. The molecule has 26 heavy (non-hydrogen) atoms. The minimum Gasteiger partial charge on any atom is -0.469 e. The molecule has 0 atom stereocenters. The van der Waals surface area contributed by atoms with E-state index < -0.39 is 0 Å². The zero-order chi connectivity index (χ0) is 17.9. The minimum atomic E-state index is 0. The summed E-state index contributed by atoms with van der Waals surface area (Å²) in [5.74, 6) is 1.82. The van der Waals surface area contributed by atoms with E-state index >= 15 is 0 Å². The summed E-state index contributed by atoms with van der Waals surface area (Å²) < 4.78 is 5.35. The topological polar surface area (TPSA) is 52.8 Å². The molecule has 1 heterocycles. The summed E-state index contributed by atoms with van der Waals surface area (Å²) in [7, 11) is 2.14. The van der Waals surface area contributed by atoms with E-state index in [0.717, 1.165) is 44.3 Å². The third-order valence-corrected chi connectivity index (χ3v) is 3.99. The first-order valence-corrected chi connectivity index (χ1v) is 9.02. The monoisotopic (exact) mass is 470 g/mol. The van der Waals surface area contributed by atoms with Crippen LogP contribution in [0.1, 0.15) is 30.7 Å². The van der Waals surface area contributed by atoms with Gasteiger partial charge in [0.2, 0.25) is 0 Å². The molecule has 0 fully saturated rings. The summed E-state index contributed by atoms with van der Waals surface area (Å²) in [5.41, 5.74) is 2.55. The Morgan fingerprint density at radius 3 is 2.62 bits per heavy atom. The van der Waals surface area contributed by atoms with Gasteiger partial charge in [0.05, 0.1) is 12.8 Å². The second-order valence-electron chi connectivity index (χ2n) is 6.10. The molecule has 5 nitrogen and oxygen atoms in total. The Morgan fingerprint density at radius 1 is 1.12 bits per heavy atom. The Morgan fingerprint density at radius 2 is 1.92 bits per heavy atom. The highest BCUT2D eigenvalue weighted by molar-refractivity contribution is 14.0. The average Bonchev–Trinajstić information content (AvgIpc) is 3.13. The summed E-state index contributed by atoms with van der Waals surface area (Å²) in [6.45, 7) is 8.56. The van der Waals surface area contributed by atoms with E-state index in [0.29, 0.717) is 6.54 Å². The fraction of sp³-hybridized carbons (Fsp3) is 0.450. The van der Waals surface area contributed by atoms with Gasteiger partial charge in [-0.2, -0.15) is 0 Å². The maximum atomic E-state index is 5.35. The quantitative estimate of drug-likeness (QED) is 0.334. The van der Waals surface area contributed by atoms with Crippen LogP contribution in [0, 0.1) is 0 Å². The Bertz CT molecular complexity index is 643. The van der Waals surface area contributed by atoms with Gasteiger partial charge in [0.25, 0.3) is 0 Å². The predicted octanol–water partition coefficient (Wildman–Crippen LogP) is 3.65. The molecular weight excluding hydrogens is 439 g/mol. The maximum absolute atomic E-state index is 5.35. The molecule has 0 aliphatic rings. The minimum absolute atomic E-state index is 0. The molecule has 2 N–H and O–H groups in total. The van der Waals surface area contributed by atoms with Crippen LogP contribution in [0.25, 0.3) is 0 Å². The van der Waals surface area contributed by atoms with Crippen molar-refractivity contribution in [2.75, 3.05) is 26.7 Å². The number of hydrogen-bond donors (Lipinski definition) is 2. The van der Waals surface area contributed by atoms with E-state index in [1.165, 1.54) is 11.1 Å². The van der Waals surface area contributed by atoms with Crippen LogP contribution in [0.2, 0.25) is 0 Å². The fourth-order valence-corrected chi connectivity index (χ4v) is 2.52. The lowest BCUT2D eigenvalue weighted by Gasteiger charge is -2.14. The summed E-state index contributed by atoms with van der Waals surface area (Å²) in [5, 5.41) is 6.64. The highest BCUT2D eigenvalue weighted by Crippen LogP contribution is 2.09. The highest BCUT2D eigenvalue weighted by Gasteiger charge is 2.02. The summed E-state index contributed by atoms with van der Waals surface area (Å²) in [6, 6.07) is 12.6. The van der Waals surface area contributed by atoms with Gasteiger partial charge in [-0.05, 0) is 43.8 Å². The molecule has 2 aromatic rings. The largest absolute Gasteiger partial charge is 0.469 e. The molecule has 0 amide bonds. The second kappa shape index (κ2) is 12.8. The first kappa shape index (κ1) is 22.5. The zero-order valence-corrected chi connectivity index (χ0v) is 18.3. The van der Waals surface area contributed by atoms with Gasteiger partial charge in [0.15, 0.2) is 5.96 Å². The van der Waals surface area contributed by atoms with Gasteiger partial charge < -0.3 is 20.0 Å².